The Hall–Kier alpha value is -2.11. The predicted octanol–water partition coefficient (Wildman–Crippen LogP) is 3.67. The first-order valence-corrected chi connectivity index (χ1v) is 7.84. The number of rotatable bonds is 4. The fourth-order valence-corrected chi connectivity index (χ4v) is 2.52. The minimum atomic E-state index is -0.457. The normalized spacial score (nSPS) is 15.1. The van der Waals surface area contributed by atoms with Crippen molar-refractivity contribution in [1.29, 1.82) is 0 Å². The lowest BCUT2D eigenvalue weighted by molar-refractivity contribution is 0.147. The van der Waals surface area contributed by atoms with E-state index in [-0.39, 0.29) is 0 Å². The number of ether oxygens (including phenoxy) is 1. The maximum Gasteiger partial charge on any atom is 0.413 e. The van der Waals surface area contributed by atoms with Crippen LogP contribution < -0.4 is 5.32 Å². The lowest BCUT2D eigenvalue weighted by Crippen LogP contribution is -2.23. The van der Waals surface area contributed by atoms with Gasteiger partial charge in [-0.2, -0.15) is 0 Å². The first kappa shape index (κ1) is 14.8. The van der Waals surface area contributed by atoms with E-state index in [9.17, 15) is 4.79 Å². The average molecular weight is 302 g/mol. The Labute approximate surface area is 129 Å². The van der Waals surface area contributed by atoms with Crippen molar-refractivity contribution < 1.29 is 9.53 Å². The number of carbonyl (C=O) groups is 1. The molecular formula is C16H22N4O2. The number of nitrogens with one attached hydrogen (secondary N) is 1. The van der Waals surface area contributed by atoms with Crippen LogP contribution in [0.2, 0.25) is 0 Å². The molecule has 3 rings (SSSR count). The Bertz CT molecular complexity index is 689. The number of aryl methyl sites for hydroxylation is 1. The van der Waals surface area contributed by atoms with Crippen molar-refractivity contribution in [2.75, 3.05) is 11.9 Å². The molecule has 0 spiro atoms. The number of imidazole rings is 1. The third kappa shape index (κ3) is 2.91. The van der Waals surface area contributed by atoms with Crippen LogP contribution in [0.1, 0.15) is 44.8 Å². The summed E-state index contributed by atoms with van der Waals surface area (Å²) in [6, 6.07) is 4.23. The first-order valence-electron chi connectivity index (χ1n) is 7.84. The van der Waals surface area contributed by atoms with E-state index in [1.807, 2.05) is 37.5 Å². The third-order valence-corrected chi connectivity index (χ3v) is 3.88. The molecule has 0 radical (unpaired) electrons. The van der Waals surface area contributed by atoms with E-state index in [1.54, 1.807) is 0 Å². The molecule has 118 valence electrons. The van der Waals surface area contributed by atoms with Crippen LogP contribution in [0.5, 0.6) is 0 Å². The van der Waals surface area contributed by atoms with E-state index < -0.39 is 6.09 Å². The smallest absolute Gasteiger partial charge is 0.413 e. The molecule has 2 heterocycles. The maximum atomic E-state index is 11.9. The molecule has 0 unspecified atom stereocenters. The zero-order chi connectivity index (χ0) is 15.7. The van der Waals surface area contributed by atoms with Gasteiger partial charge in [-0.25, -0.2) is 14.8 Å². The highest BCUT2D eigenvalue weighted by molar-refractivity contribution is 5.86. The van der Waals surface area contributed by atoms with Crippen molar-refractivity contribution in [2.24, 2.45) is 5.92 Å². The second-order valence-corrected chi connectivity index (χ2v) is 6.30. The minimum absolute atomic E-state index is 0.306. The van der Waals surface area contributed by atoms with Crippen molar-refractivity contribution >= 4 is 23.2 Å². The zero-order valence-corrected chi connectivity index (χ0v) is 13.3. The number of hydrogen-bond donors (Lipinski definition) is 1. The number of nitrogens with zero attached hydrogens (tertiary/aromatic N) is 3. The first-order chi connectivity index (χ1) is 10.5. The minimum Gasteiger partial charge on any atom is -0.449 e. The van der Waals surface area contributed by atoms with E-state index in [2.05, 4.69) is 15.3 Å². The summed E-state index contributed by atoms with van der Waals surface area (Å²) in [6.07, 6.45) is 2.93. The molecule has 1 N–H and O–H groups in total. The molecule has 22 heavy (non-hydrogen) atoms. The van der Waals surface area contributed by atoms with Crippen molar-refractivity contribution in [2.45, 2.75) is 46.1 Å². The highest BCUT2D eigenvalue weighted by Crippen LogP contribution is 2.36. The molecule has 2 aromatic heterocycles. The Morgan fingerprint density at radius 3 is 2.82 bits per heavy atom. The monoisotopic (exact) mass is 302 g/mol. The van der Waals surface area contributed by atoms with Gasteiger partial charge in [-0.1, -0.05) is 13.8 Å². The highest BCUT2D eigenvalue weighted by atomic mass is 16.5. The molecule has 1 fully saturated rings. The standard InChI is InChI=1S/C16H22N4O2/c1-10(2)9-22-16(21)19-15-18-13-8-7-11(3)17-14(13)20(15)12-5-4-6-12/h7-8,10,12H,4-6,9H2,1-3H3,(H,18,19,21). The van der Waals surface area contributed by atoms with Gasteiger partial charge >= 0.3 is 6.09 Å². The predicted molar refractivity (Wildman–Crippen MR) is 85.0 cm³/mol. The quantitative estimate of drug-likeness (QED) is 0.935. The molecule has 0 aromatic carbocycles. The van der Waals surface area contributed by atoms with Gasteiger partial charge in [0.1, 0.15) is 5.52 Å². The van der Waals surface area contributed by atoms with Crippen molar-refractivity contribution in [3.8, 4) is 0 Å². The van der Waals surface area contributed by atoms with E-state index in [1.165, 1.54) is 6.42 Å². The summed E-state index contributed by atoms with van der Waals surface area (Å²) >= 11 is 0. The summed E-state index contributed by atoms with van der Waals surface area (Å²) in [7, 11) is 0. The van der Waals surface area contributed by atoms with Gasteiger partial charge in [-0.05, 0) is 44.2 Å². The molecule has 1 saturated carbocycles. The van der Waals surface area contributed by atoms with Gasteiger partial charge in [0.2, 0.25) is 5.95 Å². The Morgan fingerprint density at radius 1 is 1.41 bits per heavy atom. The number of anilines is 1. The number of fused-ring (bicyclic) bond motifs is 1. The van der Waals surface area contributed by atoms with Crippen LogP contribution in [-0.4, -0.2) is 27.2 Å². The third-order valence-electron chi connectivity index (χ3n) is 3.88. The average Bonchev–Trinajstić information content (AvgIpc) is 2.73. The number of hydrogen-bond acceptors (Lipinski definition) is 4. The Morgan fingerprint density at radius 2 is 2.18 bits per heavy atom. The second kappa shape index (κ2) is 5.94. The van der Waals surface area contributed by atoms with Crippen LogP contribution in [-0.2, 0) is 4.74 Å². The van der Waals surface area contributed by atoms with Gasteiger partial charge < -0.3 is 4.74 Å². The van der Waals surface area contributed by atoms with E-state index in [0.717, 1.165) is 29.7 Å². The summed E-state index contributed by atoms with van der Waals surface area (Å²) < 4.78 is 7.23. The molecule has 2 aromatic rings. The van der Waals surface area contributed by atoms with Crippen molar-refractivity contribution in [1.82, 2.24) is 14.5 Å². The molecule has 1 aliphatic rings. The van der Waals surface area contributed by atoms with Crippen LogP contribution in [0, 0.1) is 12.8 Å². The molecule has 0 atom stereocenters. The van der Waals surface area contributed by atoms with Gasteiger partial charge in [0.15, 0.2) is 5.65 Å². The fraction of sp³-hybridized carbons (Fsp3) is 0.562. The van der Waals surface area contributed by atoms with Gasteiger partial charge in [-0.15, -0.1) is 0 Å². The Kier molecular flexibility index (Phi) is 4.00. The molecule has 1 amide bonds. The largest absolute Gasteiger partial charge is 0.449 e. The van der Waals surface area contributed by atoms with E-state index >= 15 is 0 Å². The summed E-state index contributed by atoms with van der Waals surface area (Å²) in [5.41, 5.74) is 2.59. The van der Waals surface area contributed by atoms with Crippen molar-refractivity contribution in [3.05, 3.63) is 17.8 Å². The fourth-order valence-electron chi connectivity index (χ4n) is 2.52. The molecule has 6 heteroatoms. The summed E-state index contributed by atoms with van der Waals surface area (Å²) in [4.78, 5) is 21.0. The van der Waals surface area contributed by atoms with E-state index in [4.69, 9.17) is 4.74 Å². The topological polar surface area (TPSA) is 69.0 Å². The van der Waals surface area contributed by atoms with Gasteiger partial charge in [0, 0.05) is 11.7 Å². The molecule has 1 aliphatic carbocycles. The summed E-state index contributed by atoms with van der Waals surface area (Å²) in [5, 5.41) is 2.77. The van der Waals surface area contributed by atoms with Gasteiger partial charge in [0.25, 0.3) is 0 Å². The van der Waals surface area contributed by atoms with Gasteiger partial charge in [0.05, 0.1) is 6.61 Å². The maximum absolute atomic E-state index is 11.9. The van der Waals surface area contributed by atoms with Crippen molar-refractivity contribution in [3.63, 3.8) is 0 Å². The summed E-state index contributed by atoms with van der Waals surface area (Å²) in [5.74, 6) is 0.840. The molecule has 0 bridgehead atoms. The van der Waals surface area contributed by atoms with E-state index in [0.29, 0.717) is 24.5 Å². The summed E-state index contributed by atoms with van der Waals surface area (Å²) in [6.45, 7) is 6.36. The van der Waals surface area contributed by atoms with Crippen LogP contribution in [0.25, 0.3) is 11.2 Å². The van der Waals surface area contributed by atoms with Crippen LogP contribution >= 0.6 is 0 Å². The lowest BCUT2D eigenvalue weighted by Gasteiger charge is -2.28. The number of pyridine rings is 1. The number of amides is 1. The zero-order valence-electron chi connectivity index (χ0n) is 13.3. The van der Waals surface area contributed by atoms with Crippen LogP contribution in [0.3, 0.4) is 0 Å². The number of carbonyl (C=O) groups excluding carboxylic acids is 1. The molecule has 0 saturated heterocycles. The van der Waals surface area contributed by atoms with Crippen LogP contribution in [0.15, 0.2) is 12.1 Å². The number of aromatic nitrogens is 3. The lowest BCUT2D eigenvalue weighted by atomic mass is 9.93. The second-order valence-electron chi connectivity index (χ2n) is 6.30. The highest BCUT2D eigenvalue weighted by Gasteiger charge is 2.26. The SMILES string of the molecule is Cc1ccc2nc(NC(=O)OCC(C)C)n(C3CCC3)c2n1. The molecule has 6 nitrogen and oxygen atoms in total. The molecular weight excluding hydrogens is 280 g/mol. The van der Waals surface area contributed by atoms with Crippen LogP contribution in [0.4, 0.5) is 10.7 Å². The Balaban J connectivity index is 1.89. The van der Waals surface area contributed by atoms with Gasteiger partial charge in [-0.3, -0.25) is 9.88 Å². The molecule has 0 aliphatic heterocycles.